The number of hydrogen-bond donors (Lipinski definition) is 1. The molecule has 1 amide bonds. The molecule has 34 heavy (non-hydrogen) atoms. The zero-order valence-electron chi connectivity index (χ0n) is 20.6. The molecule has 0 aromatic heterocycles. The van der Waals surface area contributed by atoms with Crippen LogP contribution in [-0.4, -0.2) is 48.6 Å². The number of unbranched alkanes of at least 4 members (excludes halogenated alkanes) is 2. The molecule has 1 heterocycles. The van der Waals surface area contributed by atoms with Crippen LogP contribution in [0.5, 0.6) is 5.75 Å². The summed E-state index contributed by atoms with van der Waals surface area (Å²) in [6, 6.07) is 12.5. The molecule has 0 aliphatic carbocycles. The Labute approximate surface area is 202 Å². The number of likely N-dealkylation sites (tertiary alicyclic amines) is 1. The summed E-state index contributed by atoms with van der Waals surface area (Å²) in [4.78, 5) is 27.7. The lowest BCUT2D eigenvalue weighted by Gasteiger charge is -2.25. The van der Waals surface area contributed by atoms with Gasteiger partial charge in [-0.2, -0.15) is 0 Å². The van der Waals surface area contributed by atoms with Crippen molar-refractivity contribution >= 4 is 17.4 Å². The third-order valence-electron chi connectivity index (χ3n) is 6.15. The maximum atomic E-state index is 13.1. The maximum absolute atomic E-state index is 13.1. The molecule has 1 atom stereocenters. The minimum Gasteiger partial charge on any atom is -0.507 e. The number of Topliss-reactive ketones (excluding diaryl/α,β-unsaturated/α-hetero) is 1. The lowest BCUT2D eigenvalue weighted by molar-refractivity contribution is -0.140. The number of carbonyl (C=O) groups is 2. The summed E-state index contributed by atoms with van der Waals surface area (Å²) in [5.41, 5.74) is 3.23. The van der Waals surface area contributed by atoms with Crippen molar-refractivity contribution in [2.75, 3.05) is 26.9 Å². The zero-order chi connectivity index (χ0) is 24.7. The summed E-state index contributed by atoms with van der Waals surface area (Å²) in [6.07, 6.45) is 3.83. The number of nitrogens with zero attached hydrogens (tertiary/aromatic N) is 1. The largest absolute Gasteiger partial charge is 0.507 e. The van der Waals surface area contributed by atoms with Crippen molar-refractivity contribution < 1.29 is 24.2 Å². The van der Waals surface area contributed by atoms with Crippen molar-refractivity contribution in [3.63, 3.8) is 0 Å². The molecule has 0 bridgehead atoms. The molecule has 1 N–H and O–H groups in total. The van der Waals surface area contributed by atoms with Gasteiger partial charge in [-0.25, -0.2) is 0 Å². The van der Waals surface area contributed by atoms with E-state index in [4.69, 9.17) is 9.47 Å². The number of hydrogen-bond acceptors (Lipinski definition) is 5. The van der Waals surface area contributed by atoms with E-state index >= 15 is 0 Å². The van der Waals surface area contributed by atoms with E-state index in [1.807, 2.05) is 56.3 Å². The third kappa shape index (κ3) is 5.68. The highest BCUT2D eigenvalue weighted by Gasteiger charge is 2.45. The Morgan fingerprint density at radius 3 is 2.41 bits per heavy atom. The van der Waals surface area contributed by atoms with Gasteiger partial charge in [0.1, 0.15) is 11.5 Å². The fraction of sp³-hybridized carbons (Fsp3) is 0.429. The number of aryl methyl sites for hydroxylation is 2. The summed E-state index contributed by atoms with van der Waals surface area (Å²) in [6.45, 7) is 7.42. The van der Waals surface area contributed by atoms with Gasteiger partial charge in [-0.05, 0) is 56.0 Å². The van der Waals surface area contributed by atoms with Gasteiger partial charge in [0.2, 0.25) is 0 Å². The van der Waals surface area contributed by atoms with E-state index in [9.17, 15) is 14.7 Å². The van der Waals surface area contributed by atoms with Gasteiger partial charge in [0.25, 0.3) is 11.7 Å². The van der Waals surface area contributed by atoms with E-state index in [0.717, 1.165) is 41.7 Å². The van der Waals surface area contributed by atoms with Crippen LogP contribution in [0.4, 0.5) is 0 Å². The van der Waals surface area contributed by atoms with Crippen molar-refractivity contribution in [3.05, 3.63) is 70.3 Å². The first-order valence-corrected chi connectivity index (χ1v) is 12.0. The molecule has 1 aliphatic rings. The van der Waals surface area contributed by atoms with Crippen LogP contribution in [0.1, 0.15) is 60.9 Å². The first-order valence-electron chi connectivity index (χ1n) is 12.0. The molecule has 0 spiro atoms. The molecule has 6 nitrogen and oxygen atoms in total. The molecule has 1 unspecified atom stereocenters. The van der Waals surface area contributed by atoms with Crippen molar-refractivity contribution in [3.8, 4) is 5.75 Å². The first-order chi connectivity index (χ1) is 16.4. The quantitative estimate of drug-likeness (QED) is 0.210. The van der Waals surface area contributed by atoms with Crippen molar-refractivity contribution in [2.45, 2.75) is 52.5 Å². The summed E-state index contributed by atoms with van der Waals surface area (Å²) in [5.74, 6) is -0.669. The summed E-state index contributed by atoms with van der Waals surface area (Å²) >= 11 is 0. The van der Waals surface area contributed by atoms with Crippen molar-refractivity contribution in [1.29, 1.82) is 0 Å². The molecule has 1 saturated heterocycles. The zero-order valence-corrected chi connectivity index (χ0v) is 20.6. The number of ketones is 1. The second-order valence-electron chi connectivity index (χ2n) is 8.78. The first kappa shape index (κ1) is 25.5. The van der Waals surface area contributed by atoms with Crippen LogP contribution < -0.4 is 4.74 Å². The van der Waals surface area contributed by atoms with Crippen LogP contribution in [0.2, 0.25) is 0 Å². The SMILES string of the molecule is CCCCCOc1ccc(C2C(=C(O)c3cc(C)ccc3C)C(=O)C(=O)N2CCCOC)cc1. The summed E-state index contributed by atoms with van der Waals surface area (Å²) in [7, 11) is 1.60. The highest BCUT2D eigenvalue weighted by Crippen LogP contribution is 2.40. The number of benzene rings is 2. The molecule has 0 radical (unpaired) electrons. The van der Waals surface area contributed by atoms with E-state index in [2.05, 4.69) is 6.92 Å². The minimum absolute atomic E-state index is 0.118. The van der Waals surface area contributed by atoms with Crippen molar-refractivity contribution in [1.82, 2.24) is 4.90 Å². The van der Waals surface area contributed by atoms with E-state index in [-0.39, 0.29) is 11.3 Å². The Bertz CT molecular complexity index is 1040. The maximum Gasteiger partial charge on any atom is 0.295 e. The Morgan fingerprint density at radius 1 is 1.00 bits per heavy atom. The summed E-state index contributed by atoms with van der Waals surface area (Å²) < 4.78 is 11.0. The molecule has 6 heteroatoms. The van der Waals surface area contributed by atoms with E-state index < -0.39 is 17.7 Å². The Hall–Kier alpha value is -3.12. The minimum atomic E-state index is -0.675. The van der Waals surface area contributed by atoms with E-state index in [0.29, 0.717) is 31.7 Å². The monoisotopic (exact) mass is 465 g/mol. The fourth-order valence-electron chi connectivity index (χ4n) is 4.26. The van der Waals surface area contributed by atoms with Crippen LogP contribution in [0.15, 0.2) is 48.0 Å². The van der Waals surface area contributed by atoms with E-state index in [1.54, 1.807) is 7.11 Å². The molecule has 3 rings (SSSR count). The standard InChI is InChI=1S/C28H35NO5/c1-5-6-7-17-34-22-13-11-21(12-14-22)25-24(26(30)23-18-19(2)9-10-20(23)3)27(31)28(32)29(25)15-8-16-33-4/h9-14,18,25,30H,5-8,15-17H2,1-4H3. The molecule has 2 aromatic rings. The normalized spacial score (nSPS) is 17.4. The Morgan fingerprint density at radius 2 is 1.74 bits per heavy atom. The topological polar surface area (TPSA) is 76.1 Å². The molecule has 182 valence electrons. The Kier molecular flexibility index (Phi) is 8.88. The van der Waals surface area contributed by atoms with Crippen LogP contribution in [-0.2, 0) is 14.3 Å². The second kappa shape index (κ2) is 11.8. The van der Waals surface area contributed by atoms with Crippen LogP contribution in [0.25, 0.3) is 5.76 Å². The lowest BCUT2D eigenvalue weighted by atomic mass is 9.93. The average molecular weight is 466 g/mol. The smallest absolute Gasteiger partial charge is 0.295 e. The van der Waals surface area contributed by atoms with E-state index in [1.165, 1.54) is 4.90 Å². The molecule has 2 aromatic carbocycles. The predicted molar refractivity (Wildman–Crippen MR) is 133 cm³/mol. The van der Waals surface area contributed by atoms with Gasteiger partial charge in [0, 0.05) is 25.8 Å². The number of amides is 1. The van der Waals surface area contributed by atoms with Gasteiger partial charge in [-0.3, -0.25) is 9.59 Å². The van der Waals surface area contributed by atoms with Gasteiger partial charge in [-0.1, -0.05) is 49.6 Å². The van der Waals surface area contributed by atoms with Crippen LogP contribution >= 0.6 is 0 Å². The lowest BCUT2D eigenvalue weighted by Crippen LogP contribution is -2.31. The molecule has 1 aliphatic heterocycles. The highest BCUT2D eigenvalue weighted by atomic mass is 16.5. The van der Waals surface area contributed by atoms with Crippen molar-refractivity contribution in [2.24, 2.45) is 0 Å². The number of methoxy groups -OCH3 is 1. The fourth-order valence-corrected chi connectivity index (χ4v) is 4.26. The van der Waals surface area contributed by atoms with Crippen LogP contribution in [0.3, 0.4) is 0 Å². The second-order valence-corrected chi connectivity index (χ2v) is 8.78. The number of rotatable bonds is 11. The highest BCUT2D eigenvalue weighted by molar-refractivity contribution is 6.46. The number of aliphatic hydroxyl groups is 1. The molecule has 1 fully saturated rings. The van der Waals surface area contributed by atoms with Gasteiger partial charge in [-0.15, -0.1) is 0 Å². The van der Waals surface area contributed by atoms with Gasteiger partial charge < -0.3 is 19.5 Å². The van der Waals surface area contributed by atoms with Gasteiger partial charge in [0.15, 0.2) is 0 Å². The average Bonchev–Trinajstić information content (AvgIpc) is 3.08. The molecular formula is C28H35NO5. The molecule has 0 saturated carbocycles. The number of carbonyl (C=O) groups excluding carboxylic acids is 2. The number of ether oxygens (including phenoxy) is 2. The number of aliphatic hydroxyl groups excluding tert-OH is 1. The van der Waals surface area contributed by atoms with Gasteiger partial charge >= 0.3 is 0 Å². The molecular weight excluding hydrogens is 430 g/mol. The Balaban J connectivity index is 2.01. The van der Waals surface area contributed by atoms with Crippen LogP contribution in [0, 0.1) is 13.8 Å². The summed E-state index contributed by atoms with van der Waals surface area (Å²) in [5, 5.41) is 11.3. The third-order valence-corrected chi connectivity index (χ3v) is 6.15. The predicted octanol–water partition coefficient (Wildman–Crippen LogP) is 5.33. The van der Waals surface area contributed by atoms with Gasteiger partial charge in [0.05, 0.1) is 18.2 Å².